The summed E-state index contributed by atoms with van der Waals surface area (Å²) in [7, 11) is 0. The first kappa shape index (κ1) is 22.2. The molecule has 0 heterocycles. The Balaban J connectivity index is 1.80. The van der Waals surface area contributed by atoms with Crippen LogP contribution < -0.4 is 5.32 Å². The van der Waals surface area contributed by atoms with Gasteiger partial charge < -0.3 is 10.4 Å². The molecule has 0 saturated heterocycles. The van der Waals surface area contributed by atoms with E-state index in [0.29, 0.717) is 6.54 Å². The average molecular weight is 348 g/mol. The van der Waals surface area contributed by atoms with Gasteiger partial charge in [-0.15, -0.1) is 0 Å². The minimum Gasteiger partial charge on any atom is -0.392 e. The summed E-state index contributed by atoms with van der Waals surface area (Å²) in [5.74, 6) is 0. The lowest BCUT2D eigenvalue weighted by Crippen LogP contribution is -2.26. The van der Waals surface area contributed by atoms with Crippen molar-refractivity contribution in [1.29, 1.82) is 0 Å². The second kappa shape index (κ2) is 16.6. The van der Waals surface area contributed by atoms with Crippen molar-refractivity contribution < 1.29 is 5.11 Å². The molecular formula is C23H41NO. The molecule has 2 heteroatoms. The van der Waals surface area contributed by atoms with E-state index in [-0.39, 0.29) is 6.10 Å². The van der Waals surface area contributed by atoms with Crippen molar-refractivity contribution in [1.82, 2.24) is 5.32 Å². The molecule has 0 fully saturated rings. The number of aliphatic hydroxyl groups is 1. The SMILES string of the molecule is CCCCCCCCCCCCCC[C@@H](O)CNCc1ccccc1. The van der Waals surface area contributed by atoms with Crippen LogP contribution in [-0.4, -0.2) is 17.8 Å². The fraction of sp³-hybridized carbons (Fsp3) is 0.739. The molecule has 0 saturated carbocycles. The van der Waals surface area contributed by atoms with E-state index in [2.05, 4.69) is 36.5 Å². The van der Waals surface area contributed by atoms with Crippen LogP contribution in [0.3, 0.4) is 0 Å². The Hall–Kier alpha value is -0.860. The van der Waals surface area contributed by atoms with E-state index < -0.39 is 0 Å². The fourth-order valence-corrected chi connectivity index (χ4v) is 3.30. The molecule has 2 nitrogen and oxygen atoms in total. The van der Waals surface area contributed by atoms with Gasteiger partial charge in [-0.05, 0) is 12.0 Å². The highest BCUT2D eigenvalue weighted by molar-refractivity contribution is 5.14. The Morgan fingerprint density at radius 3 is 1.84 bits per heavy atom. The van der Waals surface area contributed by atoms with E-state index in [0.717, 1.165) is 19.4 Å². The zero-order valence-corrected chi connectivity index (χ0v) is 16.5. The Kier molecular flexibility index (Phi) is 14.7. The third kappa shape index (κ3) is 14.0. The summed E-state index contributed by atoms with van der Waals surface area (Å²) < 4.78 is 0. The predicted octanol–water partition coefficient (Wildman–Crippen LogP) is 6.23. The van der Waals surface area contributed by atoms with E-state index in [9.17, 15) is 5.11 Å². The molecule has 0 aliphatic heterocycles. The molecule has 1 aromatic carbocycles. The lowest BCUT2D eigenvalue weighted by molar-refractivity contribution is 0.157. The summed E-state index contributed by atoms with van der Waals surface area (Å²) in [6.07, 6.45) is 17.2. The van der Waals surface area contributed by atoms with Crippen LogP contribution >= 0.6 is 0 Å². The quantitative estimate of drug-likeness (QED) is 0.327. The zero-order chi connectivity index (χ0) is 18.0. The normalized spacial score (nSPS) is 12.4. The van der Waals surface area contributed by atoms with Crippen LogP contribution in [0.1, 0.15) is 96.0 Å². The van der Waals surface area contributed by atoms with Crippen molar-refractivity contribution in [3.63, 3.8) is 0 Å². The van der Waals surface area contributed by atoms with Crippen molar-refractivity contribution in [3.05, 3.63) is 35.9 Å². The van der Waals surface area contributed by atoms with Crippen LogP contribution in [0.2, 0.25) is 0 Å². The first-order valence-corrected chi connectivity index (χ1v) is 10.8. The number of benzene rings is 1. The van der Waals surface area contributed by atoms with Gasteiger partial charge in [0, 0.05) is 13.1 Å². The molecule has 0 radical (unpaired) electrons. The van der Waals surface area contributed by atoms with Gasteiger partial charge in [0.15, 0.2) is 0 Å². The molecule has 0 spiro atoms. The van der Waals surface area contributed by atoms with E-state index >= 15 is 0 Å². The largest absolute Gasteiger partial charge is 0.392 e. The highest BCUT2D eigenvalue weighted by atomic mass is 16.3. The maximum absolute atomic E-state index is 10.0. The monoisotopic (exact) mass is 347 g/mol. The molecule has 25 heavy (non-hydrogen) atoms. The van der Waals surface area contributed by atoms with Crippen molar-refractivity contribution in [2.24, 2.45) is 0 Å². The first-order chi connectivity index (χ1) is 12.3. The maximum atomic E-state index is 10.0. The molecule has 0 unspecified atom stereocenters. The Morgan fingerprint density at radius 2 is 1.28 bits per heavy atom. The third-order valence-corrected chi connectivity index (χ3v) is 4.94. The van der Waals surface area contributed by atoms with Gasteiger partial charge >= 0.3 is 0 Å². The van der Waals surface area contributed by atoms with E-state index in [4.69, 9.17) is 0 Å². The minimum absolute atomic E-state index is 0.202. The van der Waals surface area contributed by atoms with Crippen molar-refractivity contribution in [3.8, 4) is 0 Å². The summed E-state index contributed by atoms with van der Waals surface area (Å²) >= 11 is 0. The highest BCUT2D eigenvalue weighted by Crippen LogP contribution is 2.13. The van der Waals surface area contributed by atoms with E-state index in [1.165, 1.54) is 76.2 Å². The van der Waals surface area contributed by atoms with Crippen molar-refractivity contribution in [2.45, 2.75) is 103 Å². The van der Waals surface area contributed by atoms with E-state index in [1.54, 1.807) is 0 Å². The molecular weight excluding hydrogens is 306 g/mol. The van der Waals surface area contributed by atoms with Crippen molar-refractivity contribution >= 4 is 0 Å². The summed E-state index contributed by atoms with van der Waals surface area (Å²) in [6.45, 7) is 3.82. The molecule has 1 aromatic rings. The molecule has 2 N–H and O–H groups in total. The predicted molar refractivity (Wildman–Crippen MR) is 110 cm³/mol. The molecule has 0 bridgehead atoms. The second-order valence-electron chi connectivity index (χ2n) is 7.45. The lowest BCUT2D eigenvalue weighted by Gasteiger charge is -2.11. The van der Waals surface area contributed by atoms with Crippen molar-refractivity contribution in [2.75, 3.05) is 6.54 Å². The number of aliphatic hydroxyl groups excluding tert-OH is 1. The standard InChI is InChI=1S/C23H41NO/c1-2-3-4-5-6-7-8-9-10-11-12-16-19-23(25)21-24-20-22-17-14-13-15-18-22/h13-15,17-18,23-25H,2-12,16,19-21H2,1H3/t23-/m1/s1. The topological polar surface area (TPSA) is 32.3 Å². The number of unbranched alkanes of at least 4 members (excludes halogenated alkanes) is 11. The van der Waals surface area contributed by atoms with Gasteiger partial charge in [-0.25, -0.2) is 0 Å². The van der Waals surface area contributed by atoms with Gasteiger partial charge in [-0.1, -0.05) is 114 Å². The first-order valence-electron chi connectivity index (χ1n) is 10.8. The number of nitrogens with one attached hydrogen (secondary N) is 1. The van der Waals surface area contributed by atoms with E-state index in [1.807, 2.05) is 6.07 Å². The Labute approximate surface area is 156 Å². The molecule has 1 rings (SSSR count). The number of rotatable bonds is 17. The van der Waals surface area contributed by atoms with Crippen LogP contribution in [-0.2, 0) is 6.54 Å². The van der Waals surface area contributed by atoms with Gasteiger partial charge in [0.2, 0.25) is 0 Å². The maximum Gasteiger partial charge on any atom is 0.0664 e. The number of hydrogen-bond donors (Lipinski definition) is 2. The zero-order valence-electron chi connectivity index (χ0n) is 16.5. The molecule has 0 aliphatic rings. The molecule has 0 aliphatic carbocycles. The molecule has 0 amide bonds. The van der Waals surface area contributed by atoms with Gasteiger partial charge in [0.1, 0.15) is 0 Å². The second-order valence-corrected chi connectivity index (χ2v) is 7.45. The van der Waals surface area contributed by atoms with Crippen LogP contribution in [0.25, 0.3) is 0 Å². The fourth-order valence-electron chi connectivity index (χ4n) is 3.30. The highest BCUT2D eigenvalue weighted by Gasteiger charge is 2.03. The average Bonchev–Trinajstić information content (AvgIpc) is 2.63. The van der Waals surface area contributed by atoms with Crippen LogP contribution in [0, 0.1) is 0 Å². The smallest absolute Gasteiger partial charge is 0.0664 e. The van der Waals surface area contributed by atoms with Gasteiger partial charge in [-0.3, -0.25) is 0 Å². The van der Waals surface area contributed by atoms with Gasteiger partial charge in [-0.2, -0.15) is 0 Å². The van der Waals surface area contributed by atoms with Gasteiger partial charge in [0.25, 0.3) is 0 Å². The number of hydrogen-bond acceptors (Lipinski definition) is 2. The molecule has 144 valence electrons. The Bertz CT molecular complexity index is 379. The summed E-state index contributed by atoms with van der Waals surface area (Å²) in [6, 6.07) is 10.4. The minimum atomic E-state index is -0.202. The van der Waals surface area contributed by atoms with Crippen LogP contribution in [0.15, 0.2) is 30.3 Å². The van der Waals surface area contributed by atoms with Crippen LogP contribution in [0.5, 0.6) is 0 Å². The molecule has 0 aromatic heterocycles. The summed E-state index contributed by atoms with van der Waals surface area (Å²) in [5.41, 5.74) is 1.28. The summed E-state index contributed by atoms with van der Waals surface area (Å²) in [4.78, 5) is 0. The lowest BCUT2D eigenvalue weighted by atomic mass is 10.0. The molecule has 1 atom stereocenters. The Morgan fingerprint density at radius 1 is 0.760 bits per heavy atom. The third-order valence-electron chi connectivity index (χ3n) is 4.94. The van der Waals surface area contributed by atoms with Gasteiger partial charge in [0.05, 0.1) is 6.10 Å². The summed E-state index contributed by atoms with van der Waals surface area (Å²) in [5, 5.41) is 13.4. The van der Waals surface area contributed by atoms with Crippen LogP contribution in [0.4, 0.5) is 0 Å².